The van der Waals surface area contributed by atoms with Crippen LogP contribution in [0.1, 0.15) is 22.6 Å². The summed E-state index contributed by atoms with van der Waals surface area (Å²) in [6.45, 7) is 0.519. The van der Waals surface area contributed by atoms with E-state index in [0.29, 0.717) is 24.5 Å². The Balaban J connectivity index is 1.73. The van der Waals surface area contributed by atoms with Gasteiger partial charge < -0.3 is 14.6 Å². The first-order valence-corrected chi connectivity index (χ1v) is 9.29. The summed E-state index contributed by atoms with van der Waals surface area (Å²) < 4.78 is 11.3. The van der Waals surface area contributed by atoms with E-state index in [1.54, 1.807) is 7.11 Å². The molecule has 144 valence electrons. The van der Waals surface area contributed by atoms with Gasteiger partial charge in [0.25, 0.3) is 0 Å². The van der Waals surface area contributed by atoms with E-state index >= 15 is 0 Å². The zero-order valence-electron chi connectivity index (χ0n) is 15.9. The fraction of sp³-hybridized carbons (Fsp3) is 0.208. The third-order valence-corrected chi connectivity index (χ3v) is 4.66. The first-order valence-electron chi connectivity index (χ1n) is 9.29. The van der Waals surface area contributed by atoms with E-state index in [1.807, 2.05) is 66.7 Å². The van der Waals surface area contributed by atoms with Crippen molar-refractivity contribution in [3.05, 3.63) is 95.6 Å². The van der Waals surface area contributed by atoms with Gasteiger partial charge in [-0.1, -0.05) is 66.7 Å². The van der Waals surface area contributed by atoms with Crippen LogP contribution in [0.4, 0.5) is 0 Å². The zero-order valence-corrected chi connectivity index (χ0v) is 15.9. The number of hydrogen-bond acceptors (Lipinski definition) is 3. The maximum absolute atomic E-state index is 11.8. The van der Waals surface area contributed by atoms with E-state index in [-0.39, 0.29) is 0 Å². The second kappa shape index (κ2) is 9.60. The summed E-state index contributed by atoms with van der Waals surface area (Å²) in [4.78, 5) is 11.8. The van der Waals surface area contributed by atoms with Crippen molar-refractivity contribution >= 4 is 5.97 Å². The molecule has 0 amide bonds. The topological polar surface area (TPSA) is 55.8 Å². The molecule has 3 rings (SSSR count). The molecule has 0 saturated heterocycles. The van der Waals surface area contributed by atoms with Crippen molar-refractivity contribution in [2.75, 3.05) is 13.7 Å². The summed E-state index contributed by atoms with van der Waals surface area (Å²) in [5.74, 6) is -0.170. The Morgan fingerprint density at radius 1 is 0.893 bits per heavy atom. The number of benzene rings is 3. The van der Waals surface area contributed by atoms with E-state index in [2.05, 4.69) is 12.1 Å². The zero-order chi connectivity index (χ0) is 19.8. The second-order valence-electron chi connectivity index (χ2n) is 6.57. The molecule has 0 aliphatic carbocycles. The maximum Gasteiger partial charge on any atom is 0.311 e. The highest BCUT2D eigenvalue weighted by Gasteiger charge is 2.21. The Morgan fingerprint density at radius 3 is 2.21 bits per heavy atom. The number of carboxylic acids is 1. The molecule has 1 unspecified atom stereocenters. The first-order chi connectivity index (χ1) is 13.7. The van der Waals surface area contributed by atoms with Gasteiger partial charge in [-0.3, -0.25) is 4.79 Å². The van der Waals surface area contributed by atoms with E-state index in [9.17, 15) is 9.90 Å². The lowest BCUT2D eigenvalue weighted by atomic mass is 9.92. The molecule has 0 fully saturated rings. The number of aliphatic carboxylic acids is 1. The van der Waals surface area contributed by atoms with Crippen molar-refractivity contribution in [3.63, 3.8) is 0 Å². The van der Waals surface area contributed by atoms with Gasteiger partial charge in [0.2, 0.25) is 0 Å². The molecule has 0 spiro atoms. The molecular formula is C24H24O4. The lowest BCUT2D eigenvalue weighted by Gasteiger charge is -2.16. The highest BCUT2D eigenvalue weighted by molar-refractivity contribution is 5.76. The van der Waals surface area contributed by atoms with Gasteiger partial charge >= 0.3 is 5.97 Å². The van der Waals surface area contributed by atoms with Crippen molar-refractivity contribution in [3.8, 4) is 11.5 Å². The van der Waals surface area contributed by atoms with Gasteiger partial charge in [0.15, 0.2) is 11.5 Å². The maximum atomic E-state index is 11.8. The van der Waals surface area contributed by atoms with Crippen LogP contribution in [0.15, 0.2) is 78.9 Å². The van der Waals surface area contributed by atoms with Crippen LogP contribution in [0, 0.1) is 0 Å². The van der Waals surface area contributed by atoms with Gasteiger partial charge in [-0.25, -0.2) is 0 Å². The lowest BCUT2D eigenvalue weighted by Crippen LogP contribution is -2.14. The van der Waals surface area contributed by atoms with Crippen LogP contribution < -0.4 is 9.47 Å². The molecule has 3 aromatic carbocycles. The van der Waals surface area contributed by atoms with Crippen LogP contribution in [-0.4, -0.2) is 24.8 Å². The second-order valence-corrected chi connectivity index (χ2v) is 6.57. The number of carboxylic acid groups (broad SMARTS) is 1. The first kappa shape index (κ1) is 19.5. The molecule has 1 atom stereocenters. The standard InChI is InChI=1S/C24H24O4/c1-27-22-13-12-19(16-21(24(25)26)20-10-6-3-7-11-20)17-23(22)28-15-14-18-8-4-2-5-9-18/h2-13,17,21H,14-16H2,1H3,(H,25,26). The Morgan fingerprint density at radius 2 is 1.57 bits per heavy atom. The van der Waals surface area contributed by atoms with E-state index in [1.165, 1.54) is 5.56 Å². The van der Waals surface area contributed by atoms with Gasteiger partial charge in [-0.2, -0.15) is 0 Å². The van der Waals surface area contributed by atoms with Crippen molar-refractivity contribution < 1.29 is 19.4 Å². The SMILES string of the molecule is COc1ccc(CC(C(=O)O)c2ccccc2)cc1OCCc1ccccc1. The molecule has 0 aliphatic heterocycles. The largest absolute Gasteiger partial charge is 0.493 e. The predicted molar refractivity (Wildman–Crippen MR) is 109 cm³/mol. The normalized spacial score (nSPS) is 11.6. The van der Waals surface area contributed by atoms with Gasteiger partial charge in [0, 0.05) is 6.42 Å². The molecular weight excluding hydrogens is 352 g/mol. The van der Waals surface area contributed by atoms with Gasteiger partial charge in [0.1, 0.15) is 0 Å². The van der Waals surface area contributed by atoms with Crippen molar-refractivity contribution in [1.82, 2.24) is 0 Å². The molecule has 1 N–H and O–H groups in total. The van der Waals surface area contributed by atoms with Gasteiger partial charge in [-0.05, 0) is 35.2 Å². The minimum absolute atomic E-state index is 0.387. The average molecular weight is 376 g/mol. The summed E-state index contributed by atoms with van der Waals surface area (Å²) in [5, 5.41) is 9.67. The third kappa shape index (κ3) is 5.13. The summed E-state index contributed by atoms with van der Waals surface area (Å²) in [5.41, 5.74) is 2.89. The van der Waals surface area contributed by atoms with Gasteiger partial charge in [0.05, 0.1) is 19.6 Å². The van der Waals surface area contributed by atoms with Crippen LogP contribution in [0.3, 0.4) is 0 Å². The van der Waals surface area contributed by atoms with Crippen LogP contribution in [0.25, 0.3) is 0 Å². The van der Waals surface area contributed by atoms with Crippen LogP contribution in [-0.2, 0) is 17.6 Å². The van der Waals surface area contributed by atoms with E-state index in [4.69, 9.17) is 9.47 Å². The Hall–Kier alpha value is -3.27. The number of carbonyl (C=O) groups is 1. The van der Waals surface area contributed by atoms with Crippen LogP contribution >= 0.6 is 0 Å². The van der Waals surface area contributed by atoms with Crippen molar-refractivity contribution in [1.29, 1.82) is 0 Å². The summed E-state index contributed by atoms with van der Waals surface area (Å²) >= 11 is 0. The molecule has 0 radical (unpaired) electrons. The monoisotopic (exact) mass is 376 g/mol. The van der Waals surface area contributed by atoms with Crippen LogP contribution in [0.2, 0.25) is 0 Å². The molecule has 0 aliphatic rings. The molecule has 4 nitrogen and oxygen atoms in total. The van der Waals surface area contributed by atoms with Crippen LogP contribution in [0.5, 0.6) is 11.5 Å². The van der Waals surface area contributed by atoms with Crippen molar-refractivity contribution in [2.24, 2.45) is 0 Å². The third-order valence-electron chi connectivity index (χ3n) is 4.66. The minimum Gasteiger partial charge on any atom is -0.493 e. The summed E-state index contributed by atoms with van der Waals surface area (Å²) in [7, 11) is 1.60. The molecule has 28 heavy (non-hydrogen) atoms. The average Bonchev–Trinajstić information content (AvgIpc) is 2.73. The molecule has 0 aromatic heterocycles. The fourth-order valence-electron chi connectivity index (χ4n) is 3.15. The van der Waals surface area contributed by atoms with E-state index in [0.717, 1.165) is 17.5 Å². The fourth-order valence-corrected chi connectivity index (χ4v) is 3.15. The molecule has 0 bridgehead atoms. The molecule has 4 heteroatoms. The predicted octanol–water partition coefficient (Wildman–Crippen LogP) is 4.73. The Bertz CT molecular complexity index is 891. The summed E-state index contributed by atoms with van der Waals surface area (Å²) in [6.07, 6.45) is 1.17. The number of hydrogen-bond donors (Lipinski definition) is 1. The van der Waals surface area contributed by atoms with E-state index < -0.39 is 11.9 Å². The highest BCUT2D eigenvalue weighted by Crippen LogP contribution is 2.31. The smallest absolute Gasteiger partial charge is 0.311 e. The molecule has 0 saturated carbocycles. The van der Waals surface area contributed by atoms with Crippen molar-refractivity contribution in [2.45, 2.75) is 18.8 Å². The number of ether oxygens (including phenoxy) is 2. The van der Waals surface area contributed by atoms with Gasteiger partial charge in [-0.15, -0.1) is 0 Å². The quantitative estimate of drug-likeness (QED) is 0.587. The minimum atomic E-state index is -0.839. The number of rotatable bonds is 9. The Labute approximate surface area is 165 Å². The summed E-state index contributed by atoms with van der Waals surface area (Å²) in [6, 6.07) is 25.0. The molecule has 0 heterocycles. The molecule has 3 aromatic rings. The Kier molecular flexibility index (Phi) is 6.68. The highest BCUT2D eigenvalue weighted by atomic mass is 16.5. The number of methoxy groups -OCH3 is 1. The lowest BCUT2D eigenvalue weighted by molar-refractivity contribution is -0.138.